The number of carbonyl (C=O) groups is 2. The zero-order valence-electron chi connectivity index (χ0n) is 14.8. The van der Waals surface area contributed by atoms with Crippen molar-refractivity contribution in [2.24, 2.45) is 0 Å². The summed E-state index contributed by atoms with van der Waals surface area (Å²) >= 11 is 6.02. The van der Waals surface area contributed by atoms with Gasteiger partial charge in [-0.1, -0.05) is 11.6 Å². The standard InChI is InChI=1S/C17H25ClN2O3/c1-11-8-12(10-13(18)9-11)14(21)20(16(2,3)4)19-15(22)23-17(5,6)7/h8-10H,1-7H3,(H,19,22). The highest BCUT2D eigenvalue weighted by Crippen LogP contribution is 2.20. The molecule has 0 fully saturated rings. The Morgan fingerprint density at radius 3 is 2.09 bits per heavy atom. The molecular formula is C17H25ClN2O3. The van der Waals surface area contributed by atoms with Gasteiger partial charge in [-0.2, -0.15) is 0 Å². The largest absolute Gasteiger partial charge is 0.443 e. The van der Waals surface area contributed by atoms with E-state index in [0.717, 1.165) is 5.56 Å². The summed E-state index contributed by atoms with van der Waals surface area (Å²) in [6.07, 6.45) is -0.681. The summed E-state index contributed by atoms with van der Waals surface area (Å²) in [4.78, 5) is 24.8. The van der Waals surface area contributed by atoms with Crippen LogP contribution < -0.4 is 5.43 Å². The second-order valence-corrected chi connectivity index (χ2v) is 7.88. The molecule has 1 aromatic carbocycles. The quantitative estimate of drug-likeness (QED) is 0.774. The lowest BCUT2D eigenvalue weighted by atomic mass is 10.1. The summed E-state index contributed by atoms with van der Waals surface area (Å²) in [7, 11) is 0. The van der Waals surface area contributed by atoms with E-state index in [1.165, 1.54) is 5.01 Å². The van der Waals surface area contributed by atoms with E-state index in [0.29, 0.717) is 10.6 Å². The summed E-state index contributed by atoms with van der Waals surface area (Å²) in [5, 5.41) is 1.73. The number of halogens is 1. The highest BCUT2D eigenvalue weighted by molar-refractivity contribution is 6.31. The van der Waals surface area contributed by atoms with E-state index in [-0.39, 0.29) is 5.91 Å². The molecule has 0 aliphatic carbocycles. The Hall–Kier alpha value is -1.75. The molecule has 0 saturated carbocycles. The van der Waals surface area contributed by atoms with Crippen LogP contribution in [-0.4, -0.2) is 28.1 Å². The average molecular weight is 341 g/mol. The molecule has 0 saturated heterocycles. The van der Waals surface area contributed by atoms with Crippen LogP contribution in [0.25, 0.3) is 0 Å². The van der Waals surface area contributed by atoms with Gasteiger partial charge in [-0.05, 0) is 72.2 Å². The van der Waals surface area contributed by atoms with Gasteiger partial charge in [-0.15, -0.1) is 0 Å². The number of rotatable bonds is 1. The summed E-state index contributed by atoms with van der Waals surface area (Å²) < 4.78 is 5.23. The van der Waals surface area contributed by atoms with E-state index in [9.17, 15) is 9.59 Å². The first-order chi connectivity index (χ1) is 10.3. The monoisotopic (exact) mass is 340 g/mol. The van der Waals surface area contributed by atoms with Gasteiger partial charge in [0.05, 0.1) is 5.54 Å². The predicted molar refractivity (Wildman–Crippen MR) is 91.5 cm³/mol. The zero-order valence-corrected chi connectivity index (χ0v) is 15.5. The van der Waals surface area contributed by atoms with Crippen LogP contribution in [0.2, 0.25) is 5.02 Å². The summed E-state index contributed by atoms with van der Waals surface area (Å²) in [5.74, 6) is -0.353. The van der Waals surface area contributed by atoms with Gasteiger partial charge in [-0.3, -0.25) is 4.79 Å². The Kier molecular flexibility index (Phi) is 5.69. The van der Waals surface area contributed by atoms with Gasteiger partial charge in [0, 0.05) is 10.6 Å². The van der Waals surface area contributed by atoms with Crippen molar-refractivity contribution >= 4 is 23.6 Å². The molecule has 0 atom stereocenters. The number of amides is 2. The maximum Gasteiger partial charge on any atom is 0.426 e. The molecule has 0 aliphatic heterocycles. The van der Waals surface area contributed by atoms with Gasteiger partial charge in [0.25, 0.3) is 5.91 Å². The molecule has 6 heteroatoms. The fraction of sp³-hybridized carbons (Fsp3) is 0.529. The van der Waals surface area contributed by atoms with Crippen molar-refractivity contribution in [2.45, 2.75) is 59.6 Å². The highest BCUT2D eigenvalue weighted by Gasteiger charge is 2.31. The van der Waals surface area contributed by atoms with Gasteiger partial charge < -0.3 is 4.74 Å². The number of aryl methyl sites for hydroxylation is 1. The molecule has 0 aliphatic rings. The van der Waals surface area contributed by atoms with Gasteiger partial charge in [0.15, 0.2) is 0 Å². The number of hydrazine groups is 1. The predicted octanol–water partition coefficient (Wildman–Crippen LogP) is 4.33. The molecule has 0 bridgehead atoms. The summed E-state index contributed by atoms with van der Waals surface area (Å²) in [6.45, 7) is 12.6. The molecule has 0 spiro atoms. The van der Waals surface area contributed by atoms with E-state index >= 15 is 0 Å². The zero-order chi connectivity index (χ0) is 18.0. The first-order valence-corrected chi connectivity index (χ1v) is 7.79. The smallest absolute Gasteiger partial charge is 0.426 e. The van der Waals surface area contributed by atoms with Crippen LogP contribution >= 0.6 is 11.6 Å². The van der Waals surface area contributed by atoms with E-state index in [1.54, 1.807) is 39.0 Å². The molecule has 0 radical (unpaired) electrons. The fourth-order valence-corrected chi connectivity index (χ4v) is 2.19. The third-order valence-corrected chi connectivity index (χ3v) is 2.98. The Balaban J connectivity index is 3.07. The number of hydrogen-bond donors (Lipinski definition) is 1. The van der Waals surface area contributed by atoms with Gasteiger partial charge >= 0.3 is 6.09 Å². The molecule has 5 nitrogen and oxygen atoms in total. The Morgan fingerprint density at radius 1 is 1.09 bits per heavy atom. The molecule has 128 valence electrons. The van der Waals surface area contributed by atoms with Crippen molar-refractivity contribution < 1.29 is 14.3 Å². The van der Waals surface area contributed by atoms with E-state index in [2.05, 4.69) is 5.43 Å². The van der Waals surface area contributed by atoms with Crippen LogP contribution in [0.3, 0.4) is 0 Å². The van der Waals surface area contributed by atoms with Crippen molar-refractivity contribution in [2.75, 3.05) is 0 Å². The van der Waals surface area contributed by atoms with E-state index < -0.39 is 17.2 Å². The molecule has 0 unspecified atom stereocenters. The number of nitrogens with one attached hydrogen (secondary N) is 1. The number of ether oxygens (including phenoxy) is 1. The lowest BCUT2D eigenvalue weighted by Gasteiger charge is -2.36. The number of benzene rings is 1. The van der Waals surface area contributed by atoms with E-state index in [1.807, 2.05) is 27.7 Å². The molecule has 1 aromatic rings. The number of nitrogens with zero attached hydrogens (tertiary/aromatic N) is 1. The third-order valence-electron chi connectivity index (χ3n) is 2.76. The molecular weight excluding hydrogens is 316 g/mol. The number of carbonyl (C=O) groups excluding carboxylic acids is 2. The van der Waals surface area contributed by atoms with Gasteiger partial charge in [-0.25, -0.2) is 15.2 Å². The minimum absolute atomic E-state index is 0.353. The van der Waals surface area contributed by atoms with Crippen LogP contribution in [0.5, 0.6) is 0 Å². The summed E-state index contributed by atoms with van der Waals surface area (Å²) in [6, 6.07) is 5.07. The molecule has 0 heterocycles. The van der Waals surface area contributed by atoms with Crippen LogP contribution in [0.15, 0.2) is 18.2 Å². The minimum Gasteiger partial charge on any atom is -0.443 e. The van der Waals surface area contributed by atoms with Crippen molar-refractivity contribution in [1.82, 2.24) is 10.4 Å². The number of hydrogen-bond acceptors (Lipinski definition) is 3. The molecule has 23 heavy (non-hydrogen) atoms. The Morgan fingerprint density at radius 2 is 1.65 bits per heavy atom. The van der Waals surface area contributed by atoms with Crippen LogP contribution in [-0.2, 0) is 4.74 Å². The van der Waals surface area contributed by atoms with Crippen molar-refractivity contribution in [3.63, 3.8) is 0 Å². The Bertz CT molecular complexity index is 581. The average Bonchev–Trinajstić information content (AvgIpc) is 2.30. The molecule has 2 amide bonds. The van der Waals surface area contributed by atoms with Crippen molar-refractivity contribution in [1.29, 1.82) is 0 Å². The van der Waals surface area contributed by atoms with Gasteiger partial charge in [0.1, 0.15) is 5.60 Å². The van der Waals surface area contributed by atoms with Crippen LogP contribution in [0.1, 0.15) is 57.5 Å². The lowest BCUT2D eigenvalue weighted by molar-refractivity contribution is 0.0118. The first-order valence-electron chi connectivity index (χ1n) is 7.41. The Labute approximate surface area is 142 Å². The van der Waals surface area contributed by atoms with Gasteiger partial charge in [0.2, 0.25) is 0 Å². The maximum atomic E-state index is 12.8. The van der Waals surface area contributed by atoms with Crippen LogP contribution in [0, 0.1) is 6.92 Å². The maximum absolute atomic E-state index is 12.8. The second kappa shape index (κ2) is 6.79. The van der Waals surface area contributed by atoms with E-state index in [4.69, 9.17) is 16.3 Å². The van der Waals surface area contributed by atoms with Crippen LogP contribution in [0.4, 0.5) is 4.79 Å². The normalized spacial score (nSPS) is 11.8. The van der Waals surface area contributed by atoms with Crippen molar-refractivity contribution in [3.8, 4) is 0 Å². The second-order valence-electron chi connectivity index (χ2n) is 7.44. The highest BCUT2D eigenvalue weighted by atomic mass is 35.5. The first kappa shape index (κ1) is 19.3. The minimum atomic E-state index is -0.681. The molecule has 1 N–H and O–H groups in total. The molecule has 1 rings (SSSR count). The third kappa shape index (κ3) is 6.10. The lowest BCUT2D eigenvalue weighted by Crippen LogP contribution is -2.56. The summed E-state index contributed by atoms with van der Waals surface area (Å²) in [5.41, 5.74) is 2.52. The molecule has 0 aromatic heterocycles. The van der Waals surface area contributed by atoms with Crippen molar-refractivity contribution in [3.05, 3.63) is 34.3 Å². The topological polar surface area (TPSA) is 58.6 Å². The SMILES string of the molecule is Cc1cc(Cl)cc(C(=O)N(NC(=O)OC(C)(C)C)C(C)(C)C)c1. The fourth-order valence-electron chi connectivity index (χ4n) is 1.90.